The number of rotatable bonds is 2. The van der Waals surface area contributed by atoms with E-state index in [1.54, 1.807) is 24.3 Å². The van der Waals surface area contributed by atoms with Crippen molar-refractivity contribution in [3.63, 3.8) is 0 Å². The maximum atomic E-state index is 10.5. The Hall–Kier alpha value is -2.72. The Kier molecular flexibility index (Phi) is 9.19. The van der Waals surface area contributed by atoms with Gasteiger partial charge in [-0.15, -0.1) is 0 Å². The van der Waals surface area contributed by atoms with Gasteiger partial charge in [0.25, 0.3) is 20.2 Å². The molecule has 0 aliphatic carbocycles. The van der Waals surface area contributed by atoms with E-state index in [1.807, 2.05) is 45.0 Å². The molecule has 0 amide bonds. The van der Waals surface area contributed by atoms with Crippen molar-refractivity contribution in [1.29, 1.82) is 0 Å². The summed E-state index contributed by atoms with van der Waals surface area (Å²) < 4.78 is 59.1. The molecule has 9 heteroatoms. The number of benzene rings is 3. The Balaban J connectivity index is 0.000000228. The molecular formula is C21H25NO6S2. The van der Waals surface area contributed by atoms with Gasteiger partial charge in [-0.2, -0.15) is 16.8 Å². The molecule has 7 nitrogen and oxygen atoms in total. The van der Waals surface area contributed by atoms with Crippen LogP contribution in [0.1, 0.15) is 16.7 Å². The van der Waals surface area contributed by atoms with Gasteiger partial charge in [-0.05, 0) is 62.7 Å². The molecule has 0 saturated heterocycles. The van der Waals surface area contributed by atoms with Crippen LogP contribution in [0.15, 0.2) is 82.6 Å². The van der Waals surface area contributed by atoms with Crippen LogP contribution in [0.3, 0.4) is 0 Å². The first-order chi connectivity index (χ1) is 13.8. The van der Waals surface area contributed by atoms with E-state index < -0.39 is 20.2 Å². The van der Waals surface area contributed by atoms with Gasteiger partial charge < -0.3 is 5.73 Å². The molecule has 3 rings (SSSR count). The first-order valence-corrected chi connectivity index (χ1v) is 11.6. The molecular weight excluding hydrogens is 426 g/mol. The second-order valence-corrected chi connectivity index (χ2v) is 9.33. The lowest BCUT2D eigenvalue weighted by molar-refractivity contribution is 0.481. The molecule has 0 aromatic heterocycles. The summed E-state index contributed by atoms with van der Waals surface area (Å²) in [5.74, 6) is 0. The predicted octanol–water partition coefficient (Wildman–Crippen LogP) is 4.06. The minimum absolute atomic E-state index is 0.0666. The van der Waals surface area contributed by atoms with Gasteiger partial charge in [0.2, 0.25) is 0 Å². The molecule has 0 atom stereocenters. The van der Waals surface area contributed by atoms with Crippen LogP contribution in [0, 0.1) is 20.8 Å². The number of anilines is 1. The van der Waals surface area contributed by atoms with Crippen LogP contribution in [0.25, 0.3) is 0 Å². The van der Waals surface area contributed by atoms with Gasteiger partial charge in [0.05, 0.1) is 9.79 Å². The van der Waals surface area contributed by atoms with Gasteiger partial charge in [-0.3, -0.25) is 9.11 Å². The van der Waals surface area contributed by atoms with Gasteiger partial charge in [0, 0.05) is 5.69 Å². The molecule has 0 unspecified atom stereocenters. The smallest absolute Gasteiger partial charge is 0.294 e. The normalized spacial score (nSPS) is 10.8. The Labute approximate surface area is 177 Å². The fourth-order valence-corrected chi connectivity index (χ4v) is 3.05. The van der Waals surface area contributed by atoms with E-state index >= 15 is 0 Å². The zero-order valence-electron chi connectivity index (χ0n) is 16.8. The minimum atomic E-state index is -4.02. The quantitative estimate of drug-likeness (QED) is 0.395. The average Bonchev–Trinajstić information content (AvgIpc) is 2.62. The predicted molar refractivity (Wildman–Crippen MR) is 118 cm³/mol. The summed E-state index contributed by atoms with van der Waals surface area (Å²) in [6.45, 7) is 5.71. The number of hydrogen-bond donors (Lipinski definition) is 3. The molecule has 4 N–H and O–H groups in total. The van der Waals surface area contributed by atoms with Crippen molar-refractivity contribution in [3.05, 3.63) is 89.5 Å². The number of nitrogen functional groups attached to an aromatic ring is 1. The van der Waals surface area contributed by atoms with E-state index in [4.69, 9.17) is 14.8 Å². The van der Waals surface area contributed by atoms with Gasteiger partial charge >= 0.3 is 0 Å². The highest BCUT2D eigenvalue weighted by atomic mass is 32.2. The maximum absolute atomic E-state index is 10.5. The van der Waals surface area contributed by atoms with Crippen molar-refractivity contribution >= 4 is 25.9 Å². The summed E-state index contributed by atoms with van der Waals surface area (Å²) in [6.07, 6.45) is 0. The molecule has 0 spiro atoms. The second-order valence-electron chi connectivity index (χ2n) is 6.49. The van der Waals surface area contributed by atoms with Crippen LogP contribution in [0.2, 0.25) is 0 Å². The van der Waals surface area contributed by atoms with Gasteiger partial charge in [0.15, 0.2) is 0 Å². The molecule has 30 heavy (non-hydrogen) atoms. The number of hydrogen-bond acceptors (Lipinski definition) is 5. The lowest BCUT2D eigenvalue weighted by Gasteiger charge is -1.95. The maximum Gasteiger partial charge on any atom is 0.294 e. The van der Waals surface area contributed by atoms with Gasteiger partial charge in [-0.25, -0.2) is 0 Å². The Bertz CT molecular complexity index is 1060. The SMILES string of the molecule is Cc1ccc(S(=O)(=O)O)cc1.Cc1ccc(S(=O)(=O)O)cc1.Cc1cccc(N)c1. The van der Waals surface area contributed by atoms with Crippen LogP contribution < -0.4 is 5.73 Å². The minimum Gasteiger partial charge on any atom is -0.399 e. The highest BCUT2D eigenvalue weighted by Crippen LogP contribution is 2.09. The van der Waals surface area contributed by atoms with Crippen molar-refractivity contribution in [1.82, 2.24) is 0 Å². The highest BCUT2D eigenvalue weighted by molar-refractivity contribution is 7.86. The molecule has 0 radical (unpaired) electrons. The van der Waals surface area contributed by atoms with Crippen LogP contribution in [0.4, 0.5) is 5.69 Å². The van der Waals surface area contributed by atoms with E-state index in [-0.39, 0.29) is 9.79 Å². The molecule has 3 aromatic rings. The Morgan fingerprint density at radius 3 is 1.20 bits per heavy atom. The molecule has 0 saturated carbocycles. The van der Waals surface area contributed by atoms with Crippen molar-refractivity contribution in [2.24, 2.45) is 0 Å². The number of aryl methyl sites for hydroxylation is 3. The van der Waals surface area contributed by atoms with E-state index in [1.165, 1.54) is 29.8 Å². The molecule has 0 fully saturated rings. The third-order valence-corrected chi connectivity index (χ3v) is 5.42. The number of nitrogens with two attached hydrogens (primary N) is 1. The zero-order chi connectivity index (χ0) is 22.9. The zero-order valence-corrected chi connectivity index (χ0v) is 18.5. The van der Waals surface area contributed by atoms with Crippen molar-refractivity contribution < 1.29 is 25.9 Å². The van der Waals surface area contributed by atoms with Crippen molar-refractivity contribution in [3.8, 4) is 0 Å². The molecule has 3 aromatic carbocycles. The molecule has 0 bridgehead atoms. The Morgan fingerprint density at radius 1 is 0.600 bits per heavy atom. The standard InChI is InChI=1S/C7H9N.2C7H8O3S/c1-6-3-2-4-7(8)5-6;2*1-6-2-4-7(5-3-6)11(8,9)10/h2-5H,8H2,1H3;2*2-5H,1H3,(H,8,9,10). The molecule has 162 valence electrons. The second kappa shape index (κ2) is 10.9. The third-order valence-electron chi connectivity index (χ3n) is 3.68. The van der Waals surface area contributed by atoms with Crippen molar-refractivity contribution in [2.75, 3.05) is 5.73 Å². The summed E-state index contributed by atoms with van der Waals surface area (Å²) in [5.41, 5.74) is 9.42. The molecule has 0 heterocycles. The summed E-state index contributed by atoms with van der Waals surface area (Å²) in [7, 11) is -8.04. The first kappa shape index (κ1) is 25.3. The largest absolute Gasteiger partial charge is 0.399 e. The average molecular weight is 452 g/mol. The van der Waals surface area contributed by atoms with Crippen LogP contribution in [-0.2, 0) is 20.2 Å². The van der Waals surface area contributed by atoms with E-state index in [2.05, 4.69) is 0 Å². The highest BCUT2D eigenvalue weighted by Gasteiger charge is 2.07. The lowest BCUT2D eigenvalue weighted by Crippen LogP contribution is -1.96. The summed E-state index contributed by atoms with van der Waals surface area (Å²) in [5, 5.41) is 0. The van der Waals surface area contributed by atoms with Crippen LogP contribution in [-0.4, -0.2) is 25.9 Å². The molecule has 0 aliphatic heterocycles. The van der Waals surface area contributed by atoms with Crippen LogP contribution in [0.5, 0.6) is 0 Å². The third kappa shape index (κ3) is 9.66. The summed E-state index contributed by atoms with van der Waals surface area (Å²) in [4.78, 5) is -0.133. The first-order valence-electron chi connectivity index (χ1n) is 8.69. The summed E-state index contributed by atoms with van der Waals surface area (Å²) in [6, 6.07) is 19.8. The summed E-state index contributed by atoms with van der Waals surface area (Å²) >= 11 is 0. The monoisotopic (exact) mass is 451 g/mol. The van der Waals surface area contributed by atoms with Crippen LogP contribution >= 0.6 is 0 Å². The molecule has 0 aliphatic rings. The Morgan fingerprint density at radius 2 is 0.967 bits per heavy atom. The van der Waals surface area contributed by atoms with E-state index in [9.17, 15) is 16.8 Å². The van der Waals surface area contributed by atoms with Gasteiger partial charge in [0.1, 0.15) is 0 Å². The van der Waals surface area contributed by atoms with Crippen molar-refractivity contribution in [2.45, 2.75) is 30.6 Å². The fraction of sp³-hybridized carbons (Fsp3) is 0.143. The van der Waals surface area contributed by atoms with E-state index in [0.717, 1.165) is 16.8 Å². The van der Waals surface area contributed by atoms with Gasteiger partial charge in [-0.1, -0.05) is 47.5 Å². The fourth-order valence-electron chi connectivity index (χ4n) is 2.09. The lowest BCUT2D eigenvalue weighted by atomic mass is 10.2. The topological polar surface area (TPSA) is 135 Å². The van der Waals surface area contributed by atoms with E-state index in [0.29, 0.717) is 0 Å².